The van der Waals surface area contributed by atoms with Crippen LogP contribution in [0.4, 0.5) is 5.82 Å². The minimum atomic E-state index is 0. The molecule has 1 aromatic carbocycles. The van der Waals surface area contributed by atoms with Gasteiger partial charge in [0.1, 0.15) is 5.75 Å². The summed E-state index contributed by atoms with van der Waals surface area (Å²) in [5.74, 6) is 2.34. The van der Waals surface area contributed by atoms with Crippen molar-refractivity contribution in [2.24, 2.45) is 0 Å². The molecule has 1 saturated heterocycles. The molecule has 0 bridgehead atoms. The van der Waals surface area contributed by atoms with Crippen LogP contribution in [0, 0.1) is 0 Å². The lowest BCUT2D eigenvalue weighted by Crippen LogP contribution is -2.49. The van der Waals surface area contributed by atoms with Crippen molar-refractivity contribution in [1.29, 1.82) is 0 Å². The maximum atomic E-state index is 12.5. The molecule has 1 aromatic heterocycles. The van der Waals surface area contributed by atoms with Gasteiger partial charge < -0.3 is 19.3 Å². The van der Waals surface area contributed by atoms with Crippen molar-refractivity contribution < 1.29 is 14.3 Å². The molecule has 7 nitrogen and oxygen atoms in total. The van der Waals surface area contributed by atoms with Gasteiger partial charge in [-0.1, -0.05) is 12.1 Å². The summed E-state index contributed by atoms with van der Waals surface area (Å²) in [4.78, 5) is 16.5. The Balaban J connectivity index is 0.00000261. The average molecular weight is 393 g/mol. The summed E-state index contributed by atoms with van der Waals surface area (Å²) in [6.07, 6.45) is 1.27. The fraction of sp³-hybridized carbons (Fsp3) is 0.421. The molecule has 0 aliphatic carbocycles. The number of rotatable bonds is 6. The van der Waals surface area contributed by atoms with Crippen LogP contribution in [-0.4, -0.2) is 61.4 Å². The van der Waals surface area contributed by atoms with Crippen molar-refractivity contribution in [1.82, 2.24) is 15.1 Å². The summed E-state index contributed by atoms with van der Waals surface area (Å²) in [5.41, 5.74) is 1.14. The maximum absolute atomic E-state index is 12.5. The number of ether oxygens (including phenoxy) is 2. The molecular weight excluding hydrogens is 368 g/mol. The molecule has 0 atom stereocenters. The van der Waals surface area contributed by atoms with E-state index in [-0.39, 0.29) is 18.3 Å². The average Bonchev–Trinajstić information content (AvgIpc) is 2.72. The number of aryl methyl sites for hydroxylation is 1. The number of hydrogen-bond acceptors (Lipinski definition) is 6. The highest BCUT2D eigenvalue weighted by molar-refractivity contribution is 5.85. The molecule has 1 fully saturated rings. The largest absolute Gasteiger partial charge is 0.497 e. The van der Waals surface area contributed by atoms with Gasteiger partial charge in [0.2, 0.25) is 11.8 Å². The van der Waals surface area contributed by atoms with Crippen molar-refractivity contribution in [2.75, 3.05) is 45.3 Å². The Labute approximate surface area is 165 Å². The van der Waals surface area contributed by atoms with Gasteiger partial charge in [-0.05, 0) is 30.2 Å². The molecule has 2 heterocycles. The van der Waals surface area contributed by atoms with E-state index in [1.807, 2.05) is 35.2 Å². The van der Waals surface area contributed by atoms with Gasteiger partial charge in [-0.25, -0.2) is 0 Å². The molecule has 0 saturated carbocycles. The number of halogens is 1. The zero-order valence-corrected chi connectivity index (χ0v) is 16.4. The molecule has 1 amide bonds. The van der Waals surface area contributed by atoms with Crippen LogP contribution >= 0.6 is 12.4 Å². The van der Waals surface area contributed by atoms with Crippen LogP contribution in [0.1, 0.15) is 12.0 Å². The molecule has 0 N–H and O–H groups in total. The molecule has 3 rings (SSSR count). The molecule has 0 radical (unpaired) electrons. The van der Waals surface area contributed by atoms with Gasteiger partial charge in [-0.15, -0.1) is 22.6 Å². The molecule has 27 heavy (non-hydrogen) atoms. The molecule has 8 heteroatoms. The number of benzene rings is 1. The fourth-order valence-electron chi connectivity index (χ4n) is 2.98. The van der Waals surface area contributed by atoms with Crippen LogP contribution in [0.3, 0.4) is 0 Å². The zero-order chi connectivity index (χ0) is 18.4. The Bertz CT molecular complexity index is 717. The Kier molecular flexibility index (Phi) is 7.67. The molecule has 1 aliphatic heterocycles. The van der Waals surface area contributed by atoms with Crippen molar-refractivity contribution in [3.63, 3.8) is 0 Å². The first-order valence-electron chi connectivity index (χ1n) is 8.73. The molecular formula is C19H25ClN4O3. The van der Waals surface area contributed by atoms with E-state index >= 15 is 0 Å². The van der Waals surface area contributed by atoms with Crippen molar-refractivity contribution in [2.45, 2.75) is 12.8 Å². The van der Waals surface area contributed by atoms with Crippen LogP contribution in [0.25, 0.3) is 0 Å². The highest BCUT2D eigenvalue weighted by Crippen LogP contribution is 2.16. The molecule has 0 unspecified atom stereocenters. The normalized spacial score (nSPS) is 13.7. The third-order valence-corrected chi connectivity index (χ3v) is 4.58. The van der Waals surface area contributed by atoms with Crippen LogP contribution in [0.5, 0.6) is 11.6 Å². The van der Waals surface area contributed by atoms with Gasteiger partial charge in [-0.3, -0.25) is 4.79 Å². The number of nitrogens with zero attached hydrogens (tertiary/aromatic N) is 4. The molecule has 146 valence electrons. The smallest absolute Gasteiger partial charge is 0.233 e. The Morgan fingerprint density at radius 3 is 2.22 bits per heavy atom. The number of amides is 1. The van der Waals surface area contributed by atoms with E-state index in [4.69, 9.17) is 9.47 Å². The summed E-state index contributed by atoms with van der Waals surface area (Å²) in [5, 5.41) is 8.17. The number of piperazine rings is 1. The summed E-state index contributed by atoms with van der Waals surface area (Å²) in [7, 11) is 3.22. The van der Waals surface area contributed by atoms with Crippen LogP contribution in [-0.2, 0) is 11.2 Å². The predicted molar refractivity (Wildman–Crippen MR) is 106 cm³/mol. The van der Waals surface area contributed by atoms with Gasteiger partial charge in [0, 0.05) is 38.7 Å². The first-order valence-corrected chi connectivity index (χ1v) is 8.73. The molecule has 2 aromatic rings. The SMILES string of the molecule is COc1ccc(CCC(=O)N2CCN(c3ccc(OC)nn3)CC2)cc1.Cl. The van der Waals surface area contributed by atoms with E-state index in [0.717, 1.165) is 36.6 Å². The number of hydrogen-bond donors (Lipinski definition) is 0. The number of carbonyl (C=O) groups excluding carboxylic acids is 1. The van der Waals surface area contributed by atoms with Gasteiger partial charge in [0.15, 0.2) is 5.82 Å². The second kappa shape index (κ2) is 9.97. The van der Waals surface area contributed by atoms with E-state index in [2.05, 4.69) is 15.1 Å². The van der Waals surface area contributed by atoms with Gasteiger partial charge in [0.25, 0.3) is 0 Å². The third-order valence-electron chi connectivity index (χ3n) is 4.58. The van der Waals surface area contributed by atoms with E-state index in [1.54, 1.807) is 20.3 Å². The summed E-state index contributed by atoms with van der Waals surface area (Å²) >= 11 is 0. The fourth-order valence-corrected chi connectivity index (χ4v) is 2.98. The number of carbonyl (C=O) groups is 1. The van der Waals surface area contributed by atoms with Gasteiger partial charge in [0.05, 0.1) is 14.2 Å². The van der Waals surface area contributed by atoms with Crippen molar-refractivity contribution >= 4 is 24.1 Å². The summed E-state index contributed by atoms with van der Waals surface area (Å²) in [6, 6.07) is 11.6. The predicted octanol–water partition coefficient (Wildman–Crippen LogP) is 2.20. The lowest BCUT2D eigenvalue weighted by atomic mass is 10.1. The van der Waals surface area contributed by atoms with E-state index < -0.39 is 0 Å². The number of aromatic nitrogens is 2. The first-order chi connectivity index (χ1) is 12.7. The van der Waals surface area contributed by atoms with E-state index in [0.29, 0.717) is 25.4 Å². The first kappa shape index (κ1) is 20.8. The van der Waals surface area contributed by atoms with Gasteiger partial charge in [-0.2, -0.15) is 0 Å². The molecule has 1 aliphatic rings. The second-order valence-corrected chi connectivity index (χ2v) is 6.15. The third kappa shape index (κ3) is 5.47. The van der Waals surface area contributed by atoms with Crippen molar-refractivity contribution in [3.05, 3.63) is 42.0 Å². The van der Waals surface area contributed by atoms with Crippen LogP contribution < -0.4 is 14.4 Å². The number of methoxy groups -OCH3 is 2. The summed E-state index contributed by atoms with van der Waals surface area (Å²) in [6.45, 7) is 2.93. The Morgan fingerprint density at radius 2 is 1.67 bits per heavy atom. The Morgan fingerprint density at radius 1 is 0.963 bits per heavy atom. The summed E-state index contributed by atoms with van der Waals surface area (Å²) < 4.78 is 10.2. The zero-order valence-electron chi connectivity index (χ0n) is 15.6. The van der Waals surface area contributed by atoms with Crippen LogP contribution in [0.2, 0.25) is 0 Å². The highest BCUT2D eigenvalue weighted by atomic mass is 35.5. The second-order valence-electron chi connectivity index (χ2n) is 6.15. The van der Waals surface area contributed by atoms with Gasteiger partial charge >= 0.3 is 0 Å². The Hall–Kier alpha value is -2.54. The monoisotopic (exact) mass is 392 g/mol. The topological polar surface area (TPSA) is 67.8 Å². The van der Waals surface area contributed by atoms with Crippen molar-refractivity contribution in [3.8, 4) is 11.6 Å². The maximum Gasteiger partial charge on any atom is 0.233 e. The van der Waals surface area contributed by atoms with E-state index in [1.165, 1.54) is 0 Å². The lowest BCUT2D eigenvalue weighted by molar-refractivity contribution is -0.131. The lowest BCUT2D eigenvalue weighted by Gasteiger charge is -2.35. The van der Waals surface area contributed by atoms with Crippen LogP contribution in [0.15, 0.2) is 36.4 Å². The standard InChI is InChI=1S/C19H24N4O3.ClH/c1-25-16-6-3-15(4-7-16)5-10-19(24)23-13-11-22(12-14-23)17-8-9-18(26-2)21-20-17;/h3-4,6-9H,5,10-14H2,1-2H3;1H. The van der Waals surface area contributed by atoms with E-state index in [9.17, 15) is 4.79 Å². The quantitative estimate of drug-likeness (QED) is 0.750. The molecule has 0 spiro atoms. The highest BCUT2D eigenvalue weighted by Gasteiger charge is 2.21. The minimum Gasteiger partial charge on any atom is -0.497 e. The number of anilines is 1. The minimum absolute atomic E-state index is 0.